The van der Waals surface area contributed by atoms with Crippen molar-refractivity contribution in [3.05, 3.63) is 12.3 Å². The van der Waals surface area contributed by atoms with Gasteiger partial charge in [0.25, 0.3) is 0 Å². The van der Waals surface area contributed by atoms with Gasteiger partial charge >= 0.3 is 0 Å². The lowest BCUT2D eigenvalue weighted by Gasteiger charge is -2.35. The van der Waals surface area contributed by atoms with Gasteiger partial charge in [0, 0.05) is 31.4 Å². The minimum Gasteiger partial charge on any atom is -0.478 e. The molecule has 0 aliphatic heterocycles. The molecule has 1 aromatic heterocycles. The molecule has 0 aromatic carbocycles. The monoisotopic (exact) mass is 250 g/mol. The first kappa shape index (κ1) is 13.1. The molecular weight excluding hydrogens is 228 g/mol. The highest BCUT2D eigenvalue weighted by molar-refractivity contribution is 5.33. The van der Waals surface area contributed by atoms with Crippen molar-refractivity contribution in [3.63, 3.8) is 0 Å². The van der Waals surface area contributed by atoms with E-state index in [-0.39, 0.29) is 6.04 Å². The first-order chi connectivity index (χ1) is 8.72. The Balaban J connectivity index is 2.11. The van der Waals surface area contributed by atoms with Crippen molar-refractivity contribution in [2.75, 3.05) is 18.6 Å². The molecular formula is C13H22N4O. The SMILES string of the molecule is CCOc1ccnc(N(C)C2CCCCC2N)n1. The highest BCUT2D eigenvalue weighted by Crippen LogP contribution is 2.24. The summed E-state index contributed by atoms with van der Waals surface area (Å²) in [7, 11) is 2.01. The Labute approximate surface area is 108 Å². The zero-order valence-corrected chi connectivity index (χ0v) is 11.2. The Bertz CT molecular complexity index is 385. The molecule has 1 aliphatic carbocycles. The number of hydrogen-bond acceptors (Lipinski definition) is 5. The van der Waals surface area contributed by atoms with Crippen molar-refractivity contribution in [1.29, 1.82) is 0 Å². The van der Waals surface area contributed by atoms with Gasteiger partial charge in [-0.05, 0) is 19.8 Å². The van der Waals surface area contributed by atoms with Crippen LogP contribution in [0, 0.1) is 0 Å². The van der Waals surface area contributed by atoms with Crippen LogP contribution in [0.2, 0.25) is 0 Å². The third kappa shape index (κ3) is 2.90. The fourth-order valence-electron chi connectivity index (χ4n) is 2.50. The summed E-state index contributed by atoms with van der Waals surface area (Å²) in [5.41, 5.74) is 6.19. The Kier molecular flexibility index (Phi) is 4.36. The van der Waals surface area contributed by atoms with Gasteiger partial charge in [-0.1, -0.05) is 12.8 Å². The van der Waals surface area contributed by atoms with Gasteiger partial charge in [0.15, 0.2) is 0 Å². The number of anilines is 1. The number of rotatable bonds is 4. The second kappa shape index (κ2) is 6.00. The molecule has 2 unspecified atom stereocenters. The number of nitrogens with zero attached hydrogens (tertiary/aromatic N) is 3. The van der Waals surface area contributed by atoms with Crippen molar-refractivity contribution < 1.29 is 4.74 Å². The van der Waals surface area contributed by atoms with Crippen molar-refractivity contribution in [1.82, 2.24) is 9.97 Å². The van der Waals surface area contributed by atoms with Crippen LogP contribution in [0.25, 0.3) is 0 Å². The van der Waals surface area contributed by atoms with Crippen molar-refractivity contribution in [2.24, 2.45) is 5.73 Å². The summed E-state index contributed by atoms with van der Waals surface area (Å²) >= 11 is 0. The van der Waals surface area contributed by atoms with Crippen LogP contribution in [-0.4, -0.2) is 35.7 Å². The summed E-state index contributed by atoms with van der Waals surface area (Å²) in [5, 5.41) is 0. The van der Waals surface area contributed by atoms with Crippen LogP contribution in [0.4, 0.5) is 5.95 Å². The van der Waals surface area contributed by atoms with Gasteiger partial charge in [-0.15, -0.1) is 0 Å². The summed E-state index contributed by atoms with van der Waals surface area (Å²) in [6.45, 7) is 2.56. The zero-order chi connectivity index (χ0) is 13.0. The van der Waals surface area contributed by atoms with Crippen molar-refractivity contribution in [2.45, 2.75) is 44.7 Å². The van der Waals surface area contributed by atoms with Gasteiger partial charge in [0.2, 0.25) is 11.8 Å². The topological polar surface area (TPSA) is 64.3 Å². The minimum atomic E-state index is 0.211. The van der Waals surface area contributed by atoms with E-state index < -0.39 is 0 Å². The molecule has 1 saturated carbocycles. The van der Waals surface area contributed by atoms with Gasteiger partial charge in [-0.3, -0.25) is 0 Å². The average Bonchev–Trinajstić information content (AvgIpc) is 2.39. The van der Waals surface area contributed by atoms with Crippen molar-refractivity contribution >= 4 is 5.95 Å². The summed E-state index contributed by atoms with van der Waals surface area (Å²) in [6.07, 6.45) is 6.39. The quantitative estimate of drug-likeness (QED) is 0.879. The van der Waals surface area contributed by atoms with E-state index in [1.54, 1.807) is 12.3 Å². The molecule has 0 radical (unpaired) electrons. The third-order valence-electron chi connectivity index (χ3n) is 3.50. The van der Waals surface area contributed by atoms with E-state index >= 15 is 0 Å². The van der Waals surface area contributed by atoms with Crippen LogP contribution in [-0.2, 0) is 0 Å². The first-order valence-electron chi connectivity index (χ1n) is 6.66. The van der Waals surface area contributed by atoms with Crippen LogP contribution in [0.15, 0.2) is 12.3 Å². The molecule has 0 amide bonds. The Morgan fingerprint density at radius 3 is 2.94 bits per heavy atom. The third-order valence-corrected chi connectivity index (χ3v) is 3.50. The summed E-state index contributed by atoms with van der Waals surface area (Å²) in [4.78, 5) is 10.8. The highest BCUT2D eigenvalue weighted by Gasteiger charge is 2.26. The highest BCUT2D eigenvalue weighted by atomic mass is 16.5. The van der Waals surface area contributed by atoms with Crippen LogP contribution in [0.3, 0.4) is 0 Å². The predicted molar refractivity (Wildman–Crippen MR) is 71.8 cm³/mol. The normalized spacial score (nSPS) is 23.7. The smallest absolute Gasteiger partial charge is 0.228 e. The van der Waals surface area contributed by atoms with Crippen LogP contribution >= 0.6 is 0 Å². The number of hydrogen-bond donors (Lipinski definition) is 1. The summed E-state index contributed by atoms with van der Waals surface area (Å²) in [5.74, 6) is 1.32. The van der Waals surface area contributed by atoms with Crippen LogP contribution in [0.5, 0.6) is 5.88 Å². The lowest BCUT2D eigenvalue weighted by atomic mass is 9.90. The molecule has 2 rings (SSSR count). The maximum Gasteiger partial charge on any atom is 0.228 e. The molecule has 2 atom stereocenters. The molecule has 5 heteroatoms. The number of nitrogens with two attached hydrogens (primary N) is 1. The Morgan fingerprint density at radius 1 is 1.44 bits per heavy atom. The Hall–Kier alpha value is -1.36. The van der Waals surface area contributed by atoms with E-state index in [2.05, 4.69) is 14.9 Å². The zero-order valence-electron chi connectivity index (χ0n) is 11.2. The largest absolute Gasteiger partial charge is 0.478 e. The molecule has 100 valence electrons. The first-order valence-corrected chi connectivity index (χ1v) is 6.66. The van der Waals surface area contributed by atoms with Gasteiger partial charge in [0.05, 0.1) is 6.61 Å². The van der Waals surface area contributed by atoms with E-state index in [4.69, 9.17) is 10.5 Å². The van der Waals surface area contributed by atoms with E-state index in [1.165, 1.54) is 12.8 Å². The van der Waals surface area contributed by atoms with Crippen LogP contribution < -0.4 is 15.4 Å². The second-order valence-corrected chi connectivity index (χ2v) is 4.75. The maximum atomic E-state index is 6.19. The minimum absolute atomic E-state index is 0.211. The average molecular weight is 250 g/mol. The molecule has 0 spiro atoms. The van der Waals surface area contributed by atoms with Gasteiger partial charge in [-0.2, -0.15) is 4.98 Å². The molecule has 5 nitrogen and oxygen atoms in total. The molecule has 2 N–H and O–H groups in total. The van der Waals surface area contributed by atoms with Crippen molar-refractivity contribution in [3.8, 4) is 5.88 Å². The molecule has 1 heterocycles. The van der Waals surface area contributed by atoms with E-state index in [1.807, 2.05) is 14.0 Å². The lowest BCUT2D eigenvalue weighted by Crippen LogP contribution is -2.48. The predicted octanol–water partition coefficient (Wildman–Crippen LogP) is 1.58. The van der Waals surface area contributed by atoms with E-state index in [0.29, 0.717) is 24.5 Å². The fraction of sp³-hybridized carbons (Fsp3) is 0.692. The van der Waals surface area contributed by atoms with Gasteiger partial charge < -0.3 is 15.4 Å². The standard InChI is InChI=1S/C13H22N4O/c1-3-18-12-8-9-15-13(16-12)17(2)11-7-5-4-6-10(11)14/h8-11H,3-7,14H2,1-2H3. The number of ether oxygens (including phenoxy) is 1. The van der Waals surface area contributed by atoms with E-state index in [0.717, 1.165) is 12.8 Å². The maximum absolute atomic E-state index is 6.19. The number of likely N-dealkylation sites (N-methyl/N-ethyl adjacent to an activating group) is 1. The summed E-state index contributed by atoms with van der Waals surface area (Å²) < 4.78 is 5.40. The van der Waals surface area contributed by atoms with E-state index in [9.17, 15) is 0 Å². The fourth-order valence-corrected chi connectivity index (χ4v) is 2.50. The lowest BCUT2D eigenvalue weighted by molar-refractivity contribution is 0.324. The van der Waals surface area contributed by atoms with Gasteiger partial charge in [-0.25, -0.2) is 4.98 Å². The molecule has 18 heavy (non-hydrogen) atoms. The molecule has 1 aromatic rings. The number of aromatic nitrogens is 2. The Morgan fingerprint density at radius 2 is 2.22 bits per heavy atom. The van der Waals surface area contributed by atoms with Gasteiger partial charge in [0.1, 0.15) is 0 Å². The molecule has 0 saturated heterocycles. The second-order valence-electron chi connectivity index (χ2n) is 4.75. The molecule has 0 bridgehead atoms. The molecule has 1 aliphatic rings. The summed E-state index contributed by atoms with van der Waals surface area (Å²) in [6, 6.07) is 2.32. The van der Waals surface area contributed by atoms with Crippen LogP contribution in [0.1, 0.15) is 32.6 Å². The molecule has 1 fully saturated rings.